The molecule has 0 aromatic heterocycles. The Morgan fingerprint density at radius 1 is 1.10 bits per heavy atom. The summed E-state index contributed by atoms with van der Waals surface area (Å²) in [7, 11) is 4.74. The Balaban J connectivity index is 1.69. The van der Waals surface area contributed by atoms with E-state index in [1.807, 2.05) is 42.2 Å². The number of anilines is 2. The summed E-state index contributed by atoms with van der Waals surface area (Å²) >= 11 is 5.46. The summed E-state index contributed by atoms with van der Waals surface area (Å²) in [6, 6.07) is 9.63. The number of methoxy groups -OCH3 is 3. The molecule has 2 aromatic rings. The highest BCUT2D eigenvalue weighted by Crippen LogP contribution is 2.39. The van der Waals surface area contributed by atoms with Crippen LogP contribution < -0.4 is 29.7 Å². The van der Waals surface area contributed by atoms with Crippen LogP contribution in [0.1, 0.15) is 24.0 Å². The van der Waals surface area contributed by atoms with Crippen LogP contribution in [-0.2, 0) is 11.3 Å². The topological polar surface area (TPSA) is 72.1 Å². The van der Waals surface area contributed by atoms with E-state index >= 15 is 0 Å². The van der Waals surface area contributed by atoms with Gasteiger partial charge in [-0.3, -0.25) is 4.79 Å². The third-order valence-corrected chi connectivity index (χ3v) is 5.30. The van der Waals surface area contributed by atoms with Crippen molar-refractivity contribution < 1.29 is 19.0 Å². The van der Waals surface area contributed by atoms with Crippen LogP contribution in [0.2, 0.25) is 0 Å². The second-order valence-corrected chi connectivity index (χ2v) is 7.36. The predicted octanol–water partition coefficient (Wildman–Crippen LogP) is 3.63. The lowest BCUT2D eigenvalue weighted by Crippen LogP contribution is -2.28. The number of aryl methyl sites for hydroxylation is 1. The van der Waals surface area contributed by atoms with E-state index in [0.717, 1.165) is 35.5 Å². The first-order chi connectivity index (χ1) is 14.5. The fourth-order valence-electron chi connectivity index (χ4n) is 3.53. The highest BCUT2D eigenvalue weighted by molar-refractivity contribution is 7.80. The molecule has 1 amide bonds. The fourth-order valence-corrected chi connectivity index (χ4v) is 3.72. The monoisotopic (exact) mass is 429 g/mol. The lowest BCUT2D eigenvalue weighted by molar-refractivity contribution is -0.117. The molecule has 30 heavy (non-hydrogen) atoms. The van der Waals surface area contributed by atoms with Crippen molar-refractivity contribution in [3.8, 4) is 17.2 Å². The zero-order chi connectivity index (χ0) is 21.7. The number of ether oxygens (including phenoxy) is 3. The van der Waals surface area contributed by atoms with Crippen LogP contribution >= 0.6 is 12.2 Å². The van der Waals surface area contributed by atoms with E-state index in [4.69, 9.17) is 26.4 Å². The van der Waals surface area contributed by atoms with Gasteiger partial charge in [0.25, 0.3) is 0 Å². The number of rotatable bonds is 7. The van der Waals surface area contributed by atoms with Gasteiger partial charge in [0.1, 0.15) is 0 Å². The third kappa shape index (κ3) is 4.59. The summed E-state index contributed by atoms with van der Waals surface area (Å²) in [5.74, 6) is 1.90. The molecule has 1 aliphatic rings. The molecule has 2 aromatic carbocycles. The summed E-state index contributed by atoms with van der Waals surface area (Å²) in [6.45, 7) is 3.20. The summed E-state index contributed by atoms with van der Waals surface area (Å²) in [5.41, 5.74) is 3.69. The average molecular weight is 430 g/mol. The largest absolute Gasteiger partial charge is 0.493 e. The maximum atomic E-state index is 12.1. The SMILES string of the molecule is COc1ccc(CNC(=S)Nc2ccc(C)c(N3CCCC3=O)c2)c(OC)c1OC. The molecule has 1 aliphatic heterocycles. The highest BCUT2D eigenvalue weighted by atomic mass is 32.1. The van der Waals surface area contributed by atoms with E-state index in [-0.39, 0.29) is 5.91 Å². The normalized spacial score (nSPS) is 13.2. The minimum Gasteiger partial charge on any atom is -0.493 e. The number of carbonyl (C=O) groups is 1. The van der Waals surface area contributed by atoms with Gasteiger partial charge in [0.2, 0.25) is 11.7 Å². The molecule has 1 fully saturated rings. The Kier molecular flexibility index (Phi) is 6.99. The zero-order valence-corrected chi connectivity index (χ0v) is 18.5. The van der Waals surface area contributed by atoms with Crippen LogP contribution in [0.25, 0.3) is 0 Å². The minimum atomic E-state index is 0.163. The number of hydrogen-bond donors (Lipinski definition) is 2. The van der Waals surface area contributed by atoms with Crippen LogP contribution in [0.3, 0.4) is 0 Å². The van der Waals surface area contributed by atoms with Gasteiger partial charge in [-0.15, -0.1) is 0 Å². The molecule has 0 radical (unpaired) electrons. The van der Waals surface area contributed by atoms with E-state index in [2.05, 4.69) is 10.6 Å². The van der Waals surface area contributed by atoms with Gasteiger partial charge in [0, 0.05) is 36.4 Å². The molecule has 8 heteroatoms. The van der Waals surface area contributed by atoms with Crippen LogP contribution in [0.4, 0.5) is 11.4 Å². The first-order valence-corrected chi connectivity index (χ1v) is 10.1. The van der Waals surface area contributed by atoms with Crippen molar-refractivity contribution in [2.75, 3.05) is 38.1 Å². The first-order valence-electron chi connectivity index (χ1n) is 9.72. The second kappa shape index (κ2) is 9.67. The van der Waals surface area contributed by atoms with Gasteiger partial charge in [-0.2, -0.15) is 0 Å². The molecule has 0 spiro atoms. The first kappa shape index (κ1) is 21.7. The molecule has 0 atom stereocenters. The summed E-state index contributed by atoms with van der Waals surface area (Å²) in [4.78, 5) is 14.0. The van der Waals surface area contributed by atoms with Gasteiger partial charge in [0.05, 0.1) is 21.3 Å². The zero-order valence-electron chi connectivity index (χ0n) is 17.7. The molecule has 0 saturated carbocycles. The lowest BCUT2D eigenvalue weighted by Gasteiger charge is -2.20. The molecule has 0 aliphatic carbocycles. The Labute approximate surface area is 182 Å². The summed E-state index contributed by atoms with van der Waals surface area (Å²) < 4.78 is 16.3. The van der Waals surface area contributed by atoms with E-state index in [1.165, 1.54) is 0 Å². The van der Waals surface area contributed by atoms with Gasteiger partial charge in [-0.1, -0.05) is 6.07 Å². The number of hydrogen-bond acceptors (Lipinski definition) is 5. The highest BCUT2D eigenvalue weighted by Gasteiger charge is 2.23. The van der Waals surface area contributed by atoms with Crippen molar-refractivity contribution in [2.24, 2.45) is 0 Å². The maximum Gasteiger partial charge on any atom is 0.227 e. The van der Waals surface area contributed by atoms with Crippen LogP contribution in [0, 0.1) is 6.92 Å². The molecule has 0 unspecified atom stereocenters. The summed E-state index contributed by atoms with van der Waals surface area (Å²) in [6.07, 6.45) is 1.49. The van der Waals surface area contributed by atoms with Crippen molar-refractivity contribution >= 4 is 34.6 Å². The third-order valence-electron chi connectivity index (χ3n) is 5.06. The number of thiocarbonyl (C=S) groups is 1. The van der Waals surface area contributed by atoms with Gasteiger partial charge in [-0.25, -0.2) is 0 Å². The lowest BCUT2D eigenvalue weighted by atomic mass is 10.1. The van der Waals surface area contributed by atoms with Crippen LogP contribution in [0.5, 0.6) is 17.2 Å². The van der Waals surface area contributed by atoms with Gasteiger partial charge in [-0.05, 0) is 55.4 Å². The Bertz CT molecular complexity index is 948. The number of nitrogens with one attached hydrogen (secondary N) is 2. The fraction of sp³-hybridized carbons (Fsp3) is 0.364. The van der Waals surface area contributed by atoms with Gasteiger partial charge in [0.15, 0.2) is 16.6 Å². The Morgan fingerprint density at radius 2 is 1.87 bits per heavy atom. The summed E-state index contributed by atoms with van der Waals surface area (Å²) in [5, 5.41) is 6.85. The van der Waals surface area contributed by atoms with E-state index in [9.17, 15) is 4.79 Å². The smallest absolute Gasteiger partial charge is 0.227 e. The standard InChI is InChI=1S/C22H27N3O4S/c1-14-7-9-16(12-17(14)25-11-5-6-19(25)26)24-22(30)23-13-15-8-10-18(27-2)21(29-4)20(15)28-3/h7-10,12H,5-6,11,13H2,1-4H3,(H2,23,24,30). The van der Waals surface area contributed by atoms with Crippen molar-refractivity contribution in [3.05, 3.63) is 41.5 Å². The molecule has 7 nitrogen and oxygen atoms in total. The van der Waals surface area contributed by atoms with E-state index in [0.29, 0.717) is 35.3 Å². The quantitative estimate of drug-likeness (QED) is 0.651. The van der Waals surface area contributed by atoms with Crippen molar-refractivity contribution in [1.29, 1.82) is 0 Å². The average Bonchev–Trinajstić information content (AvgIpc) is 3.18. The Hall–Kier alpha value is -3.00. The van der Waals surface area contributed by atoms with E-state index in [1.54, 1.807) is 21.3 Å². The molecule has 0 bridgehead atoms. The molecule has 2 N–H and O–H groups in total. The number of nitrogens with zero attached hydrogens (tertiary/aromatic N) is 1. The number of amides is 1. The number of benzene rings is 2. The van der Waals surface area contributed by atoms with Crippen molar-refractivity contribution in [1.82, 2.24) is 5.32 Å². The minimum absolute atomic E-state index is 0.163. The van der Waals surface area contributed by atoms with Crippen LogP contribution in [0.15, 0.2) is 30.3 Å². The van der Waals surface area contributed by atoms with Gasteiger partial charge < -0.3 is 29.7 Å². The molecular weight excluding hydrogens is 402 g/mol. The van der Waals surface area contributed by atoms with Gasteiger partial charge >= 0.3 is 0 Å². The predicted molar refractivity (Wildman–Crippen MR) is 122 cm³/mol. The molecule has 3 rings (SSSR count). The number of carbonyl (C=O) groups excluding carboxylic acids is 1. The second-order valence-electron chi connectivity index (χ2n) is 6.95. The van der Waals surface area contributed by atoms with Crippen molar-refractivity contribution in [3.63, 3.8) is 0 Å². The Morgan fingerprint density at radius 3 is 2.50 bits per heavy atom. The van der Waals surface area contributed by atoms with E-state index < -0.39 is 0 Å². The maximum absolute atomic E-state index is 12.1. The van der Waals surface area contributed by atoms with Crippen molar-refractivity contribution in [2.45, 2.75) is 26.3 Å². The molecule has 1 saturated heterocycles. The van der Waals surface area contributed by atoms with Crippen LogP contribution in [-0.4, -0.2) is 38.9 Å². The molecule has 160 valence electrons. The molecular formula is C22H27N3O4S. The molecule has 1 heterocycles.